The van der Waals surface area contributed by atoms with E-state index in [9.17, 15) is 18.5 Å². The van der Waals surface area contributed by atoms with Crippen LogP contribution >= 0.6 is 7.49 Å². The summed E-state index contributed by atoms with van der Waals surface area (Å²) in [5.41, 5.74) is 0.798. The minimum absolute atomic E-state index is 0.133. The molecule has 0 saturated carbocycles. The van der Waals surface area contributed by atoms with Gasteiger partial charge in [0.25, 0.3) is 5.69 Å². The minimum Gasteiger partial charge on any atom is -0.258 e. The first-order valence-electron chi connectivity index (χ1n) is 10.8. The molecule has 0 spiro atoms. The van der Waals surface area contributed by atoms with Gasteiger partial charge in [0, 0.05) is 12.1 Å². The first kappa shape index (κ1) is 24.5. The predicted molar refractivity (Wildman–Crippen MR) is 141 cm³/mol. The van der Waals surface area contributed by atoms with E-state index in [-0.39, 0.29) is 10.6 Å². The summed E-state index contributed by atoms with van der Waals surface area (Å²) < 4.78 is 33.2. The Morgan fingerprint density at radius 3 is 1.71 bits per heavy atom. The van der Waals surface area contributed by atoms with Gasteiger partial charge in [0.05, 0.1) is 9.82 Å². The van der Waals surface area contributed by atoms with Crippen LogP contribution in [0.1, 0.15) is 5.56 Å². The first-order valence-corrected chi connectivity index (χ1v) is 14.1. The maximum atomic E-state index is 13.5. The van der Waals surface area contributed by atoms with Crippen LogP contribution in [0.15, 0.2) is 126 Å². The van der Waals surface area contributed by atoms with E-state index in [1.807, 2.05) is 103 Å². The van der Waals surface area contributed by atoms with Crippen molar-refractivity contribution in [1.82, 2.24) is 0 Å². The second-order valence-corrected chi connectivity index (χ2v) is 12.5. The van der Waals surface area contributed by atoms with E-state index in [2.05, 4.69) is 0 Å². The number of nitro groups is 1. The molecular weight excluding hydrogens is 481 g/mol. The summed E-state index contributed by atoms with van der Waals surface area (Å²) in [6.07, 6.45) is 4.22. The van der Waals surface area contributed by atoms with Crippen LogP contribution in [0, 0.1) is 10.1 Å². The van der Waals surface area contributed by atoms with Crippen molar-refractivity contribution < 1.29 is 17.3 Å². The van der Waals surface area contributed by atoms with Gasteiger partial charge < -0.3 is 0 Å². The Balaban J connectivity index is 1.82. The van der Waals surface area contributed by atoms with Crippen molar-refractivity contribution in [2.75, 3.05) is 6.16 Å². The van der Waals surface area contributed by atoms with Crippen LogP contribution in [0.2, 0.25) is 0 Å². The van der Waals surface area contributed by atoms with Gasteiger partial charge in [0.15, 0.2) is 0 Å². The third-order valence-electron chi connectivity index (χ3n) is 5.38. The average molecular weight is 505 g/mol. The van der Waals surface area contributed by atoms with Crippen LogP contribution in [0.25, 0.3) is 6.08 Å². The molecule has 0 bridgehead atoms. The minimum atomic E-state index is -4.26. The number of nitro benzene ring substituents is 1. The van der Waals surface area contributed by atoms with Gasteiger partial charge >= 0.3 is 10.1 Å². The van der Waals surface area contributed by atoms with Crippen LogP contribution in [-0.4, -0.2) is 19.5 Å². The van der Waals surface area contributed by atoms with Crippen LogP contribution in [0.4, 0.5) is 5.69 Å². The van der Waals surface area contributed by atoms with Crippen molar-refractivity contribution in [1.29, 1.82) is 0 Å². The molecule has 0 radical (unpaired) electrons. The molecule has 0 saturated heterocycles. The lowest BCUT2D eigenvalue weighted by Crippen LogP contribution is -2.28. The molecule has 176 valence electrons. The van der Waals surface area contributed by atoms with Crippen molar-refractivity contribution in [3.8, 4) is 0 Å². The van der Waals surface area contributed by atoms with Crippen LogP contribution in [0.5, 0.6) is 0 Å². The highest BCUT2D eigenvalue weighted by atomic mass is 32.2. The standard InChI is InChI=1S/C27H23NO5PS/c29-28(30)24-18-20-27(21-19-24)35(31,32)33-34(25-14-6-2-7-15-25,26-16-8-3-9-17-26)22-10-13-23-11-4-1-5-12-23/h1-21H,22H2/q+1. The quantitative estimate of drug-likeness (QED) is 0.168. The normalized spacial score (nSPS) is 12.0. The molecule has 4 aromatic rings. The zero-order chi connectivity index (χ0) is 24.7. The number of hydrogen-bond donors (Lipinski definition) is 0. The summed E-state index contributed by atoms with van der Waals surface area (Å²) in [5, 5.41) is 12.6. The van der Waals surface area contributed by atoms with Gasteiger partial charge in [0.2, 0.25) is 7.49 Å². The number of benzene rings is 4. The van der Waals surface area contributed by atoms with Crippen molar-refractivity contribution >= 4 is 40.0 Å². The molecule has 0 aliphatic carbocycles. The predicted octanol–water partition coefficient (Wildman–Crippen LogP) is 5.60. The first-order chi connectivity index (χ1) is 16.9. The molecule has 0 fully saturated rings. The van der Waals surface area contributed by atoms with E-state index in [4.69, 9.17) is 3.97 Å². The molecule has 8 heteroatoms. The van der Waals surface area contributed by atoms with Gasteiger partial charge in [-0.25, -0.2) is 0 Å². The van der Waals surface area contributed by atoms with Crippen molar-refractivity contribution in [2.45, 2.75) is 4.90 Å². The fourth-order valence-corrected chi connectivity index (χ4v) is 9.18. The lowest BCUT2D eigenvalue weighted by atomic mass is 10.2. The lowest BCUT2D eigenvalue weighted by Gasteiger charge is -2.24. The smallest absolute Gasteiger partial charge is 0.258 e. The monoisotopic (exact) mass is 504 g/mol. The number of allylic oxidation sites excluding steroid dienone is 1. The molecule has 0 aromatic heterocycles. The van der Waals surface area contributed by atoms with Crippen LogP contribution in [-0.2, 0) is 14.1 Å². The van der Waals surface area contributed by atoms with Crippen molar-refractivity contribution in [2.24, 2.45) is 0 Å². The molecule has 0 heterocycles. The van der Waals surface area contributed by atoms with E-state index in [1.54, 1.807) is 0 Å². The summed E-state index contributed by atoms with van der Waals surface area (Å²) >= 11 is 0. The Labute approximate surface area is 205 Å². The molecule has 0 amide bonds. The van der Waals surface area contributed by atoms with E-state index < -0.39 is 22.5 Å². The summed E-state index contributed by atoms with van der Waals surface area (Å²) in [6, 6.07) is 33.2. The maximum absolute atomic E-state index is 13.5. The Morgan fingerprint density at radius 1 is 0.743 bits per heavy atom. The van der Waals surface area contributed by atoms with Gasteiger partial charge in [-0.2, -0.15) is 8.42 Å². The maximum Gasteiger partial charge on any atom is 0.329 e. The Kier molecular flexibility index (Phi) is 7.51. The highest BCUT2D eigenvalue weighted by Gasteiger charge is 2.49. The zero-order valence-electron chi connectivity index (χ0n) is 18.7. The molecule has 6 nitrogen and oxygen atoms in total. The molecule has 4 aromatic carbocycles. The molecule has 4 rings (SSSR count). The molecule has 0 unspecified atom stereocenters. The summed E-state index contributed by atoms with van der Waals surface area (Å²) in [4.78, 5) is 10.3. The molecule has 0 atom stereocenters. The van der Waals surface area contributed by atoms with Crippen molar-refractivity contribution in [3.63, 3.8) is 0 Å². The SMILES string of the molecule is O=[N+]([O-])c1ccc(S(=O)(=O)O[P+](CC=Cc2ccccc2)(c2ccccc2)c2ccccc2)cc1. The number of nitrogens with zero attached hydrogens (tertiary/aromatic N) is 1. The van der Waals surface area contributed by atoms with Gasteiger partial charge in [-0.1, -0.05) is 76.8 Å². The largest absolute Gasteiger partial charge is 0.329 e. The fourth-order valence-electron chi connectivity index (χ4n) is 3.66. The summed E-state index contributed by atoms with van der Waals surface area (Å²) in [6.45, 7) is 0. The molecule has 0 aliphatic rings. The molecule has 0 N–H and O–H groups in total. The second-order valence-electron chi connectivity index (χ2n) is 7.69. The van der Waals surface area contributed by atoms with Gasteiger partial charge in [-0.05, 0) is 48.0 Å². The Hall–Kier alpha value is -3.64. The zero-order valence-corrected chi connectivity index (χ0v) is 20.4. The lowest BCUT2D eigenvalue weighted by molar-refractivity contribution is -0.384. The third-order valence-corrected chi connectivity index (χ3v) is 11.0. The van der Waals surface area contributed by atoms with Gasteiger partial charge in [-0.3, -0.25) is 10.1 Å². The molecule has 35 heavy (non-hydrogen) atoms. The Morgan fingerprint density at radius 2 is 1.23 bits per heavy atom. The van der Waals surface area contributed by atoms with E-state index in [1.165, 1.54) is 12.1 Å². The van der Waals surface area contributed by atoms with Gasteiger partial charge in [-0.15, -0.1) is 0 Å². The van der Waals surface area contributed by atoms with E-state index in [0.29, 0.717) is 6.16 Å². The number of hydrogen-bond acceptors (Lipinski definition) is 5. The number of non-ortho nitro benzene ring substituents is 1. The molecular formula is C27H23NO5PS+. The highest BCUT2D eigenvalue weighted by Crippen LogP contribution is 2.59. The average Bonchev–Trinajstić information content (AvgIpc) is 2.89. The topological polar surface area (TPSA) is 86.5 Å². The number of rotatable bonds is 9. The van der Waals surface area contributed by atoms with E-state index in [0.717, 1.165) is 28.3 Å². The van der Waals surface area contributed by atoms with Crippen molar-refractivity contribution in [3.05, 3.63) is 137 Å². The second kappa shape index (κ2) is 10.7. The Bertz CT molecular complexity index is 1370. The fraction of sp³-hybridized carbons (Fsp3) is 0.0370. The summed E-state index contributed by atoms with van der Waals surface area (Å²) in [5.74, 6) is 0. The highest BCUT2D eigenvalue weighted by molar-refractivity contribution is 7.98. The van der Waals surface area contributed by atoms with Gasteiger partial charge in [0.1, 0.15) is 16.8 Å². The summed E-state index contributed by atoms with van der Waals surface area (Å²) in [7, 11) is -7.22. The van der Waals surface area contributed by atoms with E-state index >= 15 is 0 Å². The third kappa shape index (κ3) is 5.72. The van der Waals surface area contributed by atoms with Crippen LogP contribution < -0.4 is 10.6 Å². The molecule has 0 aliphatic heterocycles. The van der Waals surface area contributed by atoms with Crippen LogP contribution in [0.3, 0.4) is 0 Å².